The average Bonchev–Trinajstić information content (AvgIpc) is 3.10. The first-order valence-corrected chi connectivity index (χ1v) is 8.13. The number of aromatic nitrogens is 2. The van der Waals surface area contributed by atoms with Crippen molar-refractivity contribution in [2.24, 2.45) is 11.7 Å². The van der Waals surface area contributed by atoms with Gasteiger partial charge in [0.05, 0.1) is 10.5 Å². The van der Waals surface area contributed by atoms with E-state index >= 15 is 0 Å². The number of nitrogens with zero attached hydrogens (tertiary/aromatic N) is 2. The Morgan fingerprint density at radius 3 is 2.96 bits per heavy atom. The van der Waals surface area contributed by atoms with Crippen LogP contribution in [0.2, 0.25) is 0 Å². The third-order valence-electron chi connectivity index (χ3n) is 4.03. The molecule has 0 saturated carbocycles. The highest BCUT2D eigenvalue weighted by atomic mass is 32.1. The molecule has 2 heterocycles. The number of rotatable bonds is 4. The van der Waals surface area contributed by atoms with Gasteiger partial charge in [0.15, 0.2) is 0 Å². The van der Waals surface area contributed by atoms with Crippen LogP contribution in [0.5, 0.6) is 0 Å². The standard InChI is InChI=1S/C14H15N5O4S/c1-6-2-3-7-9(4-6)24-14(10(7)12(15)20)17-13(21)11-8(19(22)23)5-16-18-11/h5-6H,2-4H2,1H3,(H2,15,20)(H,16,18)(H,17,21)/t6-/m1/s1. The lowest BCUT2D eigenvalue weighted by molar-refractivity contribution is -0.385. The maximum Gasteiger partial charge on any atom is 0.319 e. The number of amides is 2. The molecule has 9 nitrogen and oxygen atoms in total. The van der Waals surface area contributed by atoms with Gasteiger partial charge in [-0.2, -0.15) is 5.10 Å². The van der Waals surface area contributed by atoms with Crippen molar-refractivity contribution < 1.29 is 14.5 Å². The molecule has 0 aliphatic heterocycles. The summed E-state index contributed by atoms with van der Waals surface area (Å²) in [5.74, 6) is -0.848. The van der Waals surface area contributed by atoms with Crippen LogP contribution in [-0.4, -0.2) is 26.9 Å². The third-order valence-corrected chi connectivity index (χ3v) is 5.20. The van der Waals surface area contributed by atoms with Crippen LogP contribution in [0.25, 0.3) is 0 Å². The number of nitrogens with one attached hydrogen (secondary N) is 2. The van der Waals surface area contributed by atoms with Gasteiger partial charge in [-0.15, -0.1) is 11.3 Å². The molecule has 4 N–H and O–H groups in total. The second-order valence-electron chi connectivity index (χ2n) is 5.76. The molecule has 2 aromatic rings. The average molecular weight is 349 g/mol. The summed E-state index contributed by atoms with van der Waals surface area (Å²) in [6, 6.07) is 0. The number of nitrogens with two attached hydrogens (primary N) is 1. The molecule has 0 radical (unpaired) electrons. The summed E-state index contributed by atoms with van der Waals surface area (Å²) in [4.78, 5) is 35.4. The fourth-order valence-corrected chi connectivity index (χ4v) is 4.26. The van der Waals surface area contributed by atoms with Crippen LogP contribution in [0.3, 0.4) is 0 Å². The van der Waals surface area contributed by atoms with E-state index in [2.05, 4.69) is 22.4 Å². The van der Waals surface area contributed by atoms with E-state index in [1.165, 1.54) is 11.3 Å². The minimum Gasteiger partial charge on any atom is -0.365 e. The number of nitro groups is 1. The van der Waals surface area contributed by atoms with Gasteiger partial charge in [-0.1, -0.05) is 6.92 Å². The molecule has 2 amide bonds. The molecule has 1 aliphatic rings. The van der Waals surface area contributed by atoms with E-state index in [4.69, 9.17) is 5.73 Å². The summed E-state index contributed by atoms with van der Waals surface area (Å²) in [6.45, 7) is 2.12. The van der Waals surface area contributed by atoms with E-state index in [1.807, 2.05) is 0 Å². The van der Waals surface area contributed by atoms with Gasteiger partial charge in [0.1, 0.15) is 11.2 Å². The predicted molar refractivity (Wildman–Crippen MR) is 87.2 cm³/mol. The van der Waals surface area contributed by atoms with Crippen molar-refractivity contribution in [3.05, 3.63) is 38.0 Å². The Bertz CT molecular complexity index is 840. The molecule has 0 fully saturated rings. The SMILES string of the molecule is C[C@@H]1CCc2c(sc(NC(=O)c3[nH]ncc3[N+](=O)[O-])c2C(N)=O)C1. The molecular weight excluding hydrogens is 334 g/mol. The molecule has 0 spiro atoms. The van der Waals surface area contributed by atoms with E-state index in [-0.39, 0.29) is 5.69 Å². The molecule has 1 aliphatic carbocycles. The smallest absolute Gasteiger partial charge is 0.319 e. The molecule has 2 aromatic heterocycles. The van der Waals surface area contributed by atoms with Crippen LogP contribution in [0.4, 0.5) is 10.7 Å². The molecule has 126 valence electrons. The number of fused-ring (bicyclic) bond motifs is 1. The first kappa shape index (κ1) is 16.1. The van der Waals surface area contributed by atoms with Gasteiger partial charge >= 0.3 is 5.69 Å². The van der Waals surface area contributed by atoms with Gasteiger partial charge in [0.2, 0.25) is 5.69 Å². The number of aromatic amines is 1. The highest BCUT2D eigenvalue weighted by Crippen LogP contribution is 2.39. The van der Waals surface area contributed by atoms with Crippen molar-refractivity contribution >= 4 is 33.8 Å². The van der Waals surface area contributed by atoms with Crippen LogP contribution >= 0.6 is 11.3 Å². The second-order valence-corrected chi connectivity index (χ2v) is 6.87. The lowest BCUT2D eigenvalue weighted by atomic mass is 9.88. The second kappa shape index (κ2) is 6.04. The summed E-state index contributed by atoms with van der Waals surface area (Å²) < 4.78 is 0. The van der Waals surface area contributed by atoms with Crippen LogP contribution in [0.15, 0.2) is 6.20 Å². The zero-order chi connectivity index (χ0) is 17.4. The number of carbonyl (C=O) groups excluding carboxylic acids is 2. The van der Waals surface area contributed by atoms with Crippen LogP contribution in [0, 0.1) is 16.0 Å². The van der Waals surface area contributed by atoms with Crippen molar-refractivity contribution in [1.29, 1.82) is 0 Å². The fourth-order valence-electron chi connectivity index (χ4n) is 2.85. The first-order chi connectivity index (χ1) is 11.4. The number of primary amides is 1. The topological polar surface area (TPSA) is 144 Å². The summed E-state index contributed by atoms with van der Waals surface area (Å²) in [6.07, 6.45) is 3.46. The summed E-state index contributed by atoms with van der Waals surface area (Å²) in [7, 11) is 0. The van der Waals surface area contributed by atoms with Gasteiger partial charge in [-0.05, 0) is 30.7 Å². The lowest BCUT2D eigenvalue weighted by Gasteiger charge is -2.18. The van der Waals surface area contributed by atoms with Gasteiger partial charge in [-0.3, -0.25) is 24.8 Å². The minimum atomic E-state index is -0.728. The highest BCUT2D eigenvalue weighted by Gasteiger charge is 2.29. The van der Waals surface area contributed by atoms with E-state index in [0.717, 1.165) is 35.9 Å². The van der Waals surface area contributed by atoms with E-state index in [0.29, 0.717) is 16.5 Å². The molecule has 24 heavy (non-hydrogen) atoms. The number of carbonyl (C=O) groups is 2. The van der Waals surface area contributed by atoms with E-state index in [1.54, 1.807) is 0 Å². The zero-order valence-corrected chi connectivity index (χ0v) is 13.6. The highest BCUT2D eigenvalue weighted by molar-refractivity contribution is 7.17. The van der Waals surface area contributed by atoms with Crippen molar-refractivity contribution in [1.82, 2.24) is 10.2 Å². The minimum absolute atomic E-state index is 0.268. The Balaban J connectivity index is 1.95. The Labute approximate surface area is 140 Å². The first-order valence-electron chi connectivity index (χ1n) is 7.32. The number of H-pyrrole nitrogens is 1. The third kappa shape index (κ3) is 2.75. The Morgan fingerprint density at radius 2 is 2.29 bits per heavy atom. The molecular formula is C14H15N5O4S. The molecule has 0 saturated heterocycles. The lowest BCUT2D eigenvalue weighted by Crippen LogP contribution is -2.20. The van der Waals surface area contributed by atoms with Crippen molar-refractivity contribution in [2.45, 2.75) is 26.2 Å². The maximum absolute atomic E-state index is 12.3. The van der Waals surface area contributed by atoms with E-state index < -0.39 is 22.4 Å². The van der Waals surface area contributed by atoms with Crippen molar-refractivity contribution in [2.75, 3.05) is 5.32 Å². The number of hydrogen-bond acceptors (Lipinski definition) is 6. The number of thiophene rings is 1. The molecule has 0 aromatic carbocycles. The normalized spacial score (nSPS) is 16.5. The van der Waals surface area contributed by atoms with Gasteiger partial charge in [0, 0.05) is 4.88 Å². The summed E-state index contributed by atoms with van der Waals surface area (Å²) in [5.41, 5.74) is 5.96. The summed E-state index contributed by atoms with van der Waals surface area (Å²) in [5, 5.41) is 19.6. The molecule has 0 unspecified atom stereocenters. The monoisotopic (exact) mass is 349 g/mol. The predicted octanol–water partition coefficient (Wildman–Crippen LogP) is 1.86. The Morgan fingerprint density at radius 1 is 1.54 bits per heavy atom. The molecule has 3 rings (SSSR count). The van der Waals surface area contributed by atoms with Gasteiger partial charge < -0.3 is 11.1 Å². The van der Waals surface area contributed by atoms with Gasteiger partial charge in [-0.25, -0.2) is 0 Å². The van der Waals surface area contributed by atoms with Crippen LogP contribution in [-0.2, 0) is 12.8 Å². The van der Waals surface area contributed by atoms with Crippen LogP contribution < -0.4 is 11.1 Å². The van der Waals surface area contributed by atoms with Crippen LogP contribution in [0.1, 0.15) is 44.6 Å². The Kier molecular flexibility index (Phi) is 4.06. The van der Waals surface area contributed by atoms with Crippen molar-refractivity contribution in [3.63, 3.8) is 0 Å². The Hall–Kier alpha value is -2.75. The largest absolute Gasteiger partial charge is 0.365 e. The fraction of sp³-hybridized carbons (Fsp3) is 0.357. The summed E-state index contributed by atoms with van der Waals surface area (Å²) >= 11 is 1.30. The van der Waals surface area contributed by atoms with E-state index in [9.17, 15) is 19.7 Å². The quantitative estimate of drug-likeness (QED) is 0.570. The van der Waals surface area contributed by atoms with Crippen molar-refractivity contribution in [3.8, 4) is 0 Å². The number of anilines is 1. The molecule has 1 atom stereocenters. The molecule has 10 heteroatoms. The zero-order valence-electron chi connectivity index (χ0n) is 12.8. The molecule has 0 bridgehead atoms. The van der Waals surface area contributed by atoms with Gasteiger partial charge in [0.25, 0.3) is 11.8 Å². The number of hydrogen-bond donors (Lipinski definition) is 3. The maximum atomic E-state index is 12.3.